The molecule has 0 N–H and O–H groups in total. The summed E-state index contributed by atoms with van der Waals surface area (Å²) in [5, 5.41) is 13.4. The van der Waals surface area contributed by atoms with Gasteiger partial charge in [0.15, 0.2) is 0 Å². The van der Waals surface area contributed by atoms with Gasteiger partial charge in [-0.1, -0.05) is 41.6 Å². The Bertz CT molecular complexity index is 776. The van der Waals surface area contributed by atoms with Gasteiger partial charge < -0.3 is 4.74 Å². The van der Waals surface area contributed by atoms with E-state index in [0.29, 0.717) is 11.6 Å². The van der Waals surface area contributed by atoms with Gasteiger partial charge >= 0.3 is 0 Å². The molecule has 0 spiro atoms. The summed E-state index contributed by atoms with van der Waals surface area (Å²) in [4.78, 5) is 0. The first-order chi connectivity index (χ1) is 11.2. The standard InChI is InChI=1S/C16H15ClN4OS/c1-12-4-2-3-5-15(12)21-16(18-19-20-21)23-11-10-22-14-8-6-13(17)7-9-14/h2-9H,10-11H2,1H3. The number of thioether (sulfide) groups is 1. The molecule has 0 aliphatic carbocycles. The zero-order valence-electron chi connectivity index (χ0n) is 12.5. The Hall–Kier alpha value is -2.05. The second kappa shape index (κ2) is 7.48. The number of aryl methyl sites for hydroxylation is 1. The summed E-state index contributed by atoms with van der Waals surface area (Å²) in [5.41, 5.74) is 2.11. The predicted molar refractivity (Wildman–Crippen MR) is 91.6 cm³/mol. The lowest BCUT2D eigenvalue weighted by molar-refractivity contribution is 0.344. The fraction of sp³-hybridized carbons (Fsp3) is 0.188. The van der Waals surface area contributed by atoms with E-state index in [2.05, 4.69) is 15.5 Å². The largest absolute Gasteiger partial charge is 0.493 e. The first kappa shape index (κ1) is 15.8. The maximum absolute atomic E-state index is 5.84. The Morgan fingerprint density at radius 3 is 2.70 bits per heavy atom. The summed E-state index contributed by atoms with van der Waals surface area (Å²) in [6.45, 7) is 2.60. The molecule has 3 aromatic rings. The highest BCUT2D eigenvalue weighted by Crippen LogP contribution is 2.21. The molecule has 0 radical (unpaired) electrons. The molecule has 1 heterocycles. The average molecular weight is 347 g/mol. The Balaban J connectivity index is 1.58. The number of hydrogen-bond donors (Lipinski definition) is 0. The quantitative estimate of drug-likeness (QED) is 0.502. The maximum atomic E-state index is 5.84. The van der Waals surface area contributed by atoms with E-state index in [9.17, 15) is 0 Å². The molecule has 0 unspecified atom stereocenters. The number of halogens is 1. The van der Waals surface area contributed by atoms with Crippen LogP contribution in [0, 0.1) is 6.92 Å². The zero-order chi connectivity index (χ0) is 16.1. The number of tetrazole rings is 1. The van der Waals surface area contributed by atoms with E-state index >= 15 is 0 Å². The molecule has 23 heavy (non-hydrogen) atoms. The monoisotopic (exact) mass is 346 g/mol. The second-order valence-corrected chi connectivity index (χ2v) is 6.31. The molecule has 0 aliphatic rings. The van der Waals surface area contributed by atoms with E-state index in [0.717, 1.165) is 27.9 Å². The van der Waals surface area contributed by atoms with Crippen LogP contribution in [0.15, 0.2) is 53.7 Å². The van der Waals surface area contributed by atoms with E-state index in [1.54, 1.807) is 16.4 Å². The minimum atomic E-state index is 0.562. The van der Waals surface area contributed by atoms with Crippen molar-refractivity contribution in [2.45, 2.75) is 12.1 Å². The van der Waals surface area contributed by atoms with Crippen molar-refractivity contribution >= 4 is 23.4 Å². The molecule has 3 rings (SSSR count). The number of aromatic nitrogens is 4. The molecular weight excluding hydrogens is 332 g/mol. The molecular formula is C16H15ClN4OS. The van der Waals surface area contributed by atoms with E-state index in [1.807, 2.05) is 55.5 Å². The summed E-state index contributed by atoms with van der Waals surface area (Å²) < 4.78 is 7.42. The van der Waals surface area contributed by atoms with Gasteiger partial charge in [0.1, 0.15) is 5.75 Å². The van der Waals surface area contributed by atoms with Gasteiger partial charge in [-0.05, 0) is 53.2 Å². The number of ether oxygens (including phenoxy) is 1. The molecule has 118 valence electrons. The van der Waals surface area contributed by atoms with Crippen molar-refractivity contribution in [3.05, 3.63) is 59.1 Å². The van der Waals surface area contributed by atoms with Gasteiger partial charge in [0.25, 0.3) is 0 Å². The van der Waals surface area contributed by atoms with Gasteiger partial charge in [0.05, 0.1) is 12.3 Å². The summed E-state index contributed by atoms with van der Waals surface area (Å²) in [7, 11) is 0. The van der Waals surface area contributed by atoms with Crippen LogP contribution in [0.25, 0.3) is 5.69 Å². The molecule has 0 saturated carbocycles. The Morgan fingerprint density at radius 1 is 1.13 bits per heavy atom. The third-order valence-corrected chi connectivity index (χ3v) is 4.32. The van der Waals surface area contributed by atoms with E-state index in [4.69, 9.17) is 16.3 Å². The molecule has 1 aromatic heterocycles. The van der Waals surface area contributed by atoms with E-state index in [1.165, 1.54) is 0 Å². The lowest BCUT2D eigenvalue weighted by Crippen LogP contribution is -2.04. The van der Waals surface area contributed by atoms with Crippen LogP contribution in [-0.2, 0) is 0 Å². The van der Waals surface area contributed by atoms with Gasteiger partial charge in [-0.25, -0.2) is 0 Å². The zero-order valence-corrected chi connectivity index (χ0v) is 14.1. The highest BCUT2D eigenvalue weighted by molar-refractivity contribution is 7.99. The van der Waals surface area contributed by atoms with Gasteiger partial charge in [-0.2, -0.15) is 4.68 Å². The van der Waals surface area contributed by atoms with Crippen LogP contribution in [0.2, 0.25) is 5.02 Å². The molecule has 0 amide bonds. The predicted octanol–water partition coefficient (Wildman–Crippen LogP) is 3.80. The number of para-hydroxylation sites is 1. The number of hydrogen-bond acceptors (Lipinski definition) is 5. The molecule has 5 nitrogen and oxygen atoms in total. The molecule has 2 aromatic carbocycles. The SMILES string of the molecule is Cc1ccccc1-n1nnnc1SCCOc1ccc(Cl)cc1. The summed E-state index contributed by atoms with van der Waals surface area (Å²) in [6.07, 6.45) is 0. The molecule has 0 atom stereocenters. The van der Waals surface area contributed by atoms with Crippen LogP contribution in [0.3, 0.4) is 0 Å². The Morgan fingerprint density at radius 2 is 1.91 bits per heavy atom. The Kier molecular flexibility index (Phi) is 5.15. The van der Waals surface area contributed by atoms with Crippen LogP contribution >= 0.6 is 23.4 Å². The van der Waals surface area contributed by atoms with Crippen molar-refractivity contribution in [2.24, 2.45) is 0 Å². The summed E-state index contributed by atoms with van der Waals surface area (Å²) in [6, 6.07) is 15.3. The van der Waals surface area contributed by atoms with Crippen molar-refractivity contribution in [1.82, 2.24) is 20.2 Å². The number of rotatable bonds is 6. The topological polar surface area (TPSA) is 52.8 Å². The number of benzene rings is 2. The van der Waals surface area contributed by atoms with Gasteiger partial charge in [-0.15, -0.1) is 5.10 Å². The average Bonchev–Trinajstić information content (AvgIpc) is 3.02. The Labute approximate surface area is 143 Å². The van der Waals surface area contributed by atoms with E-state index < -0.39 is 0 Å². The lowest BCUT2D eigenvalue weighted by Gasteiger charge is -2.08. The molecule has 0 bridgehead atoms. The first-order valence-corrected chi connectivity index (χ1v) is 8.46. The van der Waals surface area contributed by atoms with Crippen LogP contribution in [0.1, 0.15) is 5.56 Å². The van der Waals surface area contributed by atoms with Crippen molar-refractivity contribution in [1.29, 1.82) is 0 Å². The summed E-state index contributed by atoms with van der Waals surface area (Å²) >= 11 is 7.40. The normalized spacial score (nSPS) is 10.7. The van der Waals surface area contributed by atoms with Crippen molar-refractivity contribution in [3.8, 4) is 11.4 Å². The maximum Gasteiger partial charge on any atom is 0.214 e. The van der Waals surface area contributed by atoms with Crippen LogP contribution in [-0.4, -0.2) is 32.6 Å². The van der Waals surface area contributed by atoms with Crippen LogP contribution in [0.4, 0.5) is 0 Å². The molecule has 0 fully saturated rings. The molecule has 7 heteroatoms. The smallest absolute Gasteiger partial charge is 0.214 e. The fourth-order valence-electron chi connectivity index (χ4n) is 2.04. The summed E-state index contributed by atoms with van der Waals surface area (Å²) in [5.74, 6) is 1.54. The van der Waals surface area contributed by atoms with Crippen LogP contribution < -0.4 is 4.74 Å². The fourth-order valence-corrected chi connectivity index (χ4v) is 2.87. The van der Waals surface area contributed by atoms with Crippen molar-refractivity contribution < 1.29 is 4.74 Å². The highest BCUT2D eigenvalue weighted by atomic mass is 35.5. The third kappa shape index (κ3) is 4.03. The number of nitrogens with zero attached hydrogens (tertiary/aromatic N) is 4. The molecule has 0 saturated heterocycles. The van der Waals surface area contributed by atoms with E-state index in [-0.39, 0.29) is 0 Å². The van der Waals surface area contributed by atoms with Crippen molar-refractivity contribution in [3.63, 3.8) is 0 Å². The first-order valence-electron chi connectivity index (χ1n) is 7.09. The van der Waals surface area contributed by atoms with Gasteiger partial charge in [-0.3, -0.25) is 0 Å². The lowest BCUT2D eigenvalue weighted by atomic mass is 10.2. The second-order valence-electron chi connectivity index (χ2n) is 4.81. The minimum absolute atomic E-state index is 0.562. The third-order valence-electron chi connectivity index (χ3n) is 3.18. The van der Waals surface area contributed by atoms with Crippen LogP contribution in [0.5, 0.6) is 5.75 Å². The molecule has 0 aliphatic heterocycles. The van der Waals surface area contributed by atoms with Gasteiger partial charge in [0.2, 0.25) is 5.16 Å². The highest BCUT2D eigenvalue weighted by Gasteiger charge is 2.10. The van der Waals surface area contributed by atoms with Gasteiger partial charge in [0, 0.05) is 10.8 Å². The minimum Gasteiger partial charge on any atom is -0.493 e. The van der Waals surface area contributed by atoms with Crippen molar-refractivity contribution in [2.75, 3.05) is 12.4 Å².